The van der Waals surface area contributed by atoms with Gasteiger partial charge in [0.25, 0.3) is 5.16 Å². The van der Waals surface area contributed by atoms with Crippen LogP contribution in [0.5, 0.6) is 5.75 Å². The van der Waals surface area contributed by atoms with Gasteiger partial charge in [-0.15, -0.1) is 0 Å². The Balaban J connectivity index is 2.00. The first-order chi connectivity index (χ1) is 11.0. The van der Waals surface area contributed by atoms with E-state index in [1.54, 1.807) is 6.07 Å². The standard InChI is InChI=1S/C14H15N5O3S/c1-3-22-11-6-4-10(5-7-11)16-13-18-14(23(2,20)21)17-12-8-9-15-19(12)13/h4-9H,3H2,1-2H3,(H,16,17,18). The van der Waals surface area contributed by atoms with Crippen molar-refractivity contribution in [2.24, 2.45) is 0 Å². The molecule has 0 aliphatic heterocycles. The number of hydrogen-bond donors (Lipinski definition) is 1. The highest BCUT2D eigenvalue weighted by atomic mass is 32.2. The summed E-state index contributed by atoms with van der Waals surface area (Å²) in [4.78, 5) is 8.05. The van der Waals surface area contributed by atoms with Gasteiger partial charge in [0.2, 0.25) is 15.8 Å². The topological polar surface area (TPSA) is 98.5 Å². The number of aromatic nitrogens is 4. The zero-order valence-corrected chi connectivity index (χ0v) is 13.4. The largest absolute Gasteiger partial charge is 0.494 e. The van der Waals surface area contributed by atoms with Gasteiger partial charge in [-0.2, -0.15) is 19.6 Å². The van der Waals surface area contributed by atoms with Gasteiger partial charge < -0.3 is 10.1 Å². The molecule has 0 spiro atoms. The van der Waals surface area contributed by atoms with Gasteiger partial charge in [-0.05, 0) is 31.2 Å². The summed E-state index contributed by atoms with van der Waals surface area (Å²) in [7, 11) is -3.52. The van der Waals surface area contributed by atoms with Crippen molar-refractivity contribution in [1.82, 2.24) is 19.6 Å². The molecule has 3 aromatic rings. The summed E-state index contributed by atoms with van der Waals surface area (Å²) < 4.78 is 30.3. The highest BCUT2D eigenvalue weighted by molar-refractivity contribution is 7.90. The van der Waals surface area contributed by atoms with E-state index in [-0.39, 0.29) is 11.1 Å². The summed E-state index contributed by atoms with van der Waals surface area (Å²) in [5.74, 6) is 1.02. The Morgan fingerprint density at radius 3 is 2.57 bits per heavy atom. The highest BCUT2D eigenvalue weighted by Gasteiger charge is 2.16. The van der Waals surface area contributed by atoms with E-state index in [4.69, 9.17) is 4.74 Å². The molecule has 0 bridgehead atoms. The maximum absolute atomic E-state index is 11.7. The van der Waals surface area contributed by atoms with Gasteiger partial charge in [-0.25, -0.2) is 8.42 Å². The van der Waals surface area contributed by atoms with Gasteiger partial charge in [0.15, 0.2) is 5.65 Å². The van der Waals surface area contributed by atoms with E-state index in [1.807, 2.05) is 31.2 Å². The number of fused-ring (bicyclic) bond motifs is 1. The molecule has 0 saturated heterocycles. The van der Waals surface area contributed by atoms with E-state index in [9.17, 15) is 8.42 Å². The molecule has 1 aromatic carbocycles. The van der Waals surface area contributed by atoms with Crippen LogP contribution in [0.4, 0.5) is 11.6 Å². The van der Waals surface area contributed by atoms with Crippen LogP contribution in [0.2, 0.25) is 0 Å². The molecule has 0 amide bonds. The van der Waals surface area contributed by atoms with Gasteiger partial charge >= 0.3 is 0 Å². The van der Waals surface area contributed by atoms with Crippen molar-refractivity contribution in [2.45, 2.75) is 12.1 Å². The molecule has 23 heavy (non-hydrogen) atoms. The summed E-state index contributed by atoms with van der Waals surface area (Å²) in [6.07, 6.45) is 2.59. The van der Waals surface area contributed by atoms with Crippen LogP contribution in [0.15, 0.2) is 41.7 Å². The summed E-state index contributed by atoms with van der Waals surface area (Å²) >= 11 is 0. The molecule has 0 aliphatic rings. The molecular weight excluding hydrogens is 318 g/mol. The molecule has 1 N–H and O–H groups in total. The first-order valence-corrected chi connectivity index (χ1v) is 8.78. The second-order valence-corrected chi connectivity index (χ2v) is 6.70. The number of ether oxygens (including phenoxy) is 1. The van der Waals surface area contributed by atoms with Crippen LogP contribution in [-0.2, 0) is 9.84 Å². The van der Waals surface area contributed by atoms with Crippen molar-refractivity contribution >= 4 is 27.1 Å². The van der Waals surface area contributed by atoms with Gasteiger partial charge in [-0.1, -0.05) is 0 Å². The lowest BCUT2D eigenvalue weighted by molar-refractivity contribution is 0.340. The summed E-state index contributed by atoms with van der Waals surface area (Å²) in [6.45, 7) is 2.50. The minimum absolute atomic E-state index is 0.251. The maximum atomic E-state index is 11.7. The van der Waals surface area contributed by atoms with E-state index in [0.717, 1.165) is 17.7 Å². The van der Waals surface area contributed by atoms with Crippen LogP contribution in [-0.4, -0.2) is 40.9 Å². The Morgan fingerprint density at radius 1 is 1.17 bits per heavy atom. The van der Waals surface area contributed by atoms with Gasteiger partial charge in [0.05, 0.1) is 12.8 Å². The molecular formula is C14H15N5O3S. The normalized spacial score (nSPS) is 11.6. The third-order valence-electron chi connectivity index (χ3n) is 2.99. The fraction of sp³-hybridized carbons (Fsp3) is 0.214. The monoisotopic (exact) mass is 333 g/mol. The fourth-order valence-corrected chi connectivity index (χ4v) is 2.49. The molecule has 3 rings (SSSR count). The van der Waals surface area contributed by atoms with Gasteiger partial charge in [0, 0.05) is 18.0 Å². The molecule has 0 radical (unpaired) electrons. The minimum atomic E-state index is -3.52. The SMILES string of the molecule is CCOc1ccc(Nc2nc(S(C)(=O)=O)nc3ccnn23)cc1. The van der Waals surface area contributed by atoms with E-state index < -0.39 is 9.84 Å². The molecule has 8 nitrogen and oxygen atoms in total. The summed E-state index contributed by atoms with van der Waals surface area (Å²) in [6, 6.07) is 8.85. The van der Waals surface area contributed by atoms with Crippen molar-refractivity contribution in [3.05, 3.63) is 36.5 Å². The number of hydrogen-bond acceptors (Lipinski definition) is 7. The van der Waals surface area contributed by atoms with Gasteiger partial charge in [0.1, 0.15) is 5.75 Å². The smallest absolute Gasteiger partial charge is 0.252 e. The average molecular weight is 333 g/mol. The van der Waals surface area contributed by atoms with Crippen LogP contribution >= 0.6 is 0 Å². The predicted molar refractivity (Wildman–Crippen MR) is 84.8 cm³/mol. The number of nitrogens with zero attached hydrogens (tertiary/aromatic N) is 4. The lowest BCUT2D eigenvalue weighted by Gasteiger charge is -2.09. The first-order valence-electron chi connectivity index (χ1n) is 6.89. The van der Waals surface area contributed by atoms with Crippen LogP contribution in [0.25, 0.3) is 5.65 Å². The molecule has 0 aliphatic carbocycles. The fourth-order valence-electron chi connectivity index (χ4n) is 1.98. The summed E-state index contributed by atoms with van der Waals surface area (Å²) in [5, 5.41) is 6.89. The molecule has 0 saturated carbocycles. The van der Waals surface area contributed by atoms with Crippen molar-refractivity contribution in [1.29, 1.82) is 0 Å². The quantitative estimate of drug-likeness (QED) is 0.758. The van der Waals surface area contributed by atoms with Crippen molar-refractivity contribution in [3.63, 3.8) is 0 Å². The van der Waals surface area contributed by atoms with Crippen molar-refractivity contribution < 1.29 is 13.2 Å². The number of benzene rings is 1. The molecule has 0 fully saturated rings. The summed E-state index contributed by atoms with van der Waals surface area (Å²) in [5.41, 5.74) is 1.12. The number of nitrogens with one attached hydrogen (secondary N) is 1. The van der Waals surface area contributed by atoms with Crippen molar-refractivity contribution in [2.75, 3.05) is 18.2 Å². The lowest BCUT2D eigenvalue weighted by Crippen LogP contribution is -2.11. The average Bonchev–Trinajstić information content (AvgIpc) is 2.97. The Hall–Kier alpha value is -2.68. The Kier molecular flexibility index (Phi) is 3.87. The van der Waals surface area contributed by atoms with E-state index in [2.05, 4.69) is 20.4 Å². The Bertz CT molecular complexity index is 935. The van der Waals surface area contributed by atoms with Crippen LogP contribution in [0.3, 0.4) is 0 Å². The second kappa shape index (κ2) is 5.84. The molecule has 0 unspecified atom stereocenters. The van der Waals surface area contributed by atoms with E-state index >= 15 is 0 Å². The van der Waals surface area contributed by atoms with Crippen LogP contribution < -0.4 is 10.1 Å². The molecule has 2 heterocycles. The zero-order chi connectivity index (χ0) is 16.4. The van der Waals surface area contributed by atoms with Crippen molar-refractivity contribution in [3.8, 4) is 5.75 Å². The number of rotatable bonds is 5. The number of anilines is 2. The highest BCUT2D eigenvalue weighted by Crippen LogP contribution is 2.20. The van der Waals surface area contributed by atoms with E-state index in [1.165, 1.54) is 10.7 Å². The Morgan fingerprint density at radius 2 is 1.91 bits per heavy atom. The lowest BCUT2D eigenvalue weighted by atomic mass is 10.3. The molecule has 0 atom stereocenters. The van der Waals surface area contributed by atoms with Crippen LogP contribution in [0, 0.1) is 0 Å². The minimum Gasteiger partial charge on any atom is -0.494 e. The maximum Gasteiger partial charge on any atom is 0.252 e. The predicted octanol–water partition coefficient (Wildman–Crippen LogP) is 1.67. The first kappa shape index (κ1) is 15.2. The van der Waals surface area contributed by atoms with Crippen LogP contribution in [0.1, 0.15) is 6.92 Å². The van der Waals surface area contributed by atoms with Gasteiger partial charge in [-0.3, -0.25) is 0 Å². The third-order valence-corrected chi connectivity index (χ3v) is 3.83. The van der Waals surface area contributed by atoms with E-state index in [0.29, 0.717) is 12.3 Å². The molecule has 120 valence electrons. The third kappa shape index (κ3) is 3.24. The molecule has 9 heteroatoms. The second-order valence-electron chi connectivity index (χ2n) is 4.79. The zero-order valence-electron chi connectivity index (χ0n) is 12.6. The number of sulfone groups is 1. The molecule has 2 aromatic heterocycles. The Labute approximate surface area is 133 Å².